The third-order valence-corrected chi connectivity index (χ3v) is 5.97. The number of fused-ring (bicyclic) bond motifs is 1. The molecular formula is C25H34O5. The molecule has 2 atom stereocenters. The fraction of sp³-hybridized carbons (Fsp3) is 0.520. The lowest BCUT2D eigenvalue weighted by Gasteiger charge is -2.43. The molecule has 0 amide bonds. The SMILES string of the molecule is COc1cc(C=O)c(C=O)c2c1CC(CO)C(C)(CCC=C(C)CCC=C(C)C)O2. The molecule has 2 rings (SSSR count). The van der Waals surface area contributed by atoms with Crippen molar-refractivity contribution in [1.29, 1.82) is 0 Å². The van der Waals surface area contributed by atoms with E-state index in [1.165, 1.54) is 18.3 Å². The molecule has 164 valence electrons. The maximum atomic E-state index is 11.7. The summed E-state index contributed by atoms with van der Waals surface area (Å²) in [6, 6.07) is 1.56. The van der Waals surface area contributed by atoms with Gasteiger partial charge in [-0.25, -0.2) is 0 Å². The van der Waals surface area contributed by atoms with Crippen molar-refractivity contribution in [2.45, 2.75) is 65.4 Å². The highest BCUT2D eigenvalue weighted by molar-refractivity contribution is 5.94. The molecule has 0 saturated heterocycles. The molecule has 0 saturated carbocycles. The van der Waals surface area contributed by atoms with E-state index in [4.69, 9.17) is 9.47 Å². The van der Waals surface area contributed by atoms with Crippen molar-refractivity contribution in [3.8, 4) is 11.5 Å². The Morgan fingerprint density at radius 3 is 2.53 bits per heavy atom. The summed E-state index contributed by atoms with van der Waals surface area (Å²) in [7, 11) is 1.52. The number of carbonyl (C=O) groups is 2. The van der Waals surface area contributed by atoms with Gasteiger partial charge in [-0.3, -0.25) is 9.59 Å². The van der Waals surface area contributed by atoms with E-state index in [0.29, 0.717) is 36.9 Å². The highest BCUT2D eigenvalue weighted by atomic mass is 16.5. The van der Waals surface area contributed by atoms with Crippen LogP contribution in [0.15, 0.2) is 29.4 Å². The van der Waals surface area contributed by atoms with Crippen molar-refractivity contribution in [3.05, 3.63) is 46.1 Å². The molecule has 0 spiro atoms. The van der Waals surface area contributed by atoms with Crippen LogP contribution in [0.4, 0.5) is 0 Å². The summed E-state index contributed by atoms with van der Waals surface area (Å²) in [6.45, 7) is 8.27. The molecule has 5 heteroatoms. The smallest absolute Gasteiger partial charge is 0.154 e. The van der Waals surface area contributed by atoms with Gasteiger partial charge in [-0.15, -0.1) is 0 Å². The van der Waals surface area contributed by atoms with E-state index < -0.39 is 5.60 Å². The van der Waals surface area contributed by atoms with Crippen molar-refractivity contribution in [2.24, 2.45) is 5.92 Å². The van der Waals surface area contributed by atoms with Gasteiger partial charge < -0.3 is 14.6 Å². The van der Waals surface area contributed by atoms with Crippen molar-refractivity contribution < 1.29 is 24.2 Å². The fourth-order valence-electron chi connectivity index (χ4n) is 4.01. The van der Waals surface area contributed by atoms with Crippen LogP contribution in [-0.4, -0.2) is 37.0 Å². The molecule has 1 aromatic rings. The zero-order valence-corrected chi connectivity index (χ0v) is 18.8. The zero-order chi connectivity index (χ0) is 22.3. The van der Waals surface area contributed by atoms with Gasteiger partial charge in [-0.1, -0.05) is 23.3 Å². The fourth-order valence-corrected chi connectivity index (χ4v) is 4.01. The number of carbonyl (C=O) groups excluding carboxylic acids is 2. The molecule has 1 aromatic carbocycles. The first kappa shape index (κ1) is 23.9. The van der Waals surface area contributed by atoms with Gasteiger partial charge in [-0.2, -0.15) is 0 Å². The molecule has 1 aliphatic heterocycles. The van der Waals surface area contributed by atoms with Crippen molar-refractivity contribution in [2.75, 3.05) is 13.7 Å². The average molecular weight is 415 g/mol. The molecule has 1 heterocycles. The Morgan fingerprint density at radius 1 is 1.23 bits per heavy atom. The number of allylic oxidation sites excluding steroid dienone is 4. The molecule has 30 heavy (non-hydrogen) atoms. The summed E-state index contributed by atoms with van der Waals surface area (Å²) < 4.78 is 11.8. The number of ether oxygens (including phenoxy) is 2. The van der Waals surface area contributed by atoms with Crippen LogP contribution in [0, 0.1) is 5.92 Å². The van der Waals surface area contributed by atoms with Gasteiger partial charge in [0, 0.05) is 17.0 Å². The maximum absolute atomic E-state index is 11.7. The molecular weight excluding hydrogens is 380 g/mol. The summed E-state index contributed by atoms with van der Waals surface area (Å²) in [5.74, 6) is 0.774. The average Bonchev–Trinajstić information content (AvgIpc) is 2.71. The molecule has 0 aliphatic carbocycles. The lowest BCUT2D eigenvalue weighted by atomic mass is 9.77. The quantitative estimate of drug-likeness (QED) is 0.426. The number of aldehydes is 2. The molecule has 0 bridgehead atoms. The first-order valence-electron chi connectivity index (χ1n) is 10.5. The summed E-state index contributed by atoms with van der Waals surface area (Å²) in [5, 5.41) is 10.1. The number of aliphatic hydroxyl groups is 1. The molecule has 1 N–H and O–H groups in total. The van der Waals surface area contributed by atoms with Gasteiger partial charge in [0.1, 0.15) is 17.1 Å². The van der Waals surface area contributed by atoms with Crippen LogP contribution in [-0.2, 0) is 6.42 Å². The van der Waals surface area contributed by atoms with E-state index in [-0.39, 0.29) is 23.7 Å². The number of methoxy groups -OCH3 is 1. The van der Waals surface area contributed by atoms with Crippen LogP contribution in [0.25, 0.3) is 0 Å². The van der Waals surface area contributed by atoms with Crippen LogP contribution in [0.1, 0.15) is 79.7 Å². The van der Waals surface area contributed by atoms with E-state index in [1.54, 1.807) is 6.07 Å². The Bertz CT molecular complexity index is 832. The minimum absolute atomic E-state index is 0.0335. The van der Waals surface area contributed by atoms with E-state index >= 15 is 0 Å². The molecule has 2 unspecified atom stereocenters. The Morgan fingerprint density at radius 2 is 1.97 bits per heavy atom. The third-order valence-electron chi connectivity index (χ3n) is 5.97. The molecule has 1 aliphatic rings. The van der Waals surface area contributed by atoms with Crippen LogP contribution in [0.5, 0.6) is 11.5 Å². The second-order valence-corrected chi connectivity index (χ2v) is 8.53. The number of aliphatic hydroxyl groups excluding tert-OH is 1. The molecule has 0 radical (unpaired) electrons. The molecule has 0 aromatic heterocycles. The van der Waals surface area contributed by atoms with Gasteiger partial charge >= 0.3 is 0 Å². The Labute approximate surface area is 179 Å². The number of hydrogen-bond acceptors (Lipinski definition) is 5. The first-order chi connectivity index (χ1) is 14.3. The Balaban J connectivity index is 2.27. The van der Waals surface area contributed by atoms with Crippen LogP contribution in [0.2, 0.25) is 0 Å². The summed E-state index contributed by atoms with van der Waals surface area (Å²) in [4.78, 5) is 23.2. The van der Waals surface area contributed by atoms with Gasteiger partial charge in [0.15, 0.2) is 12.6 Å². The largest absolute Gasteiger partial charge is 0.496 e. The van der Waals surface area contributed by atoms with E-state index in [9.17, 15) is 14.7 Å². The minimum Gasteiger partial charge on any atom is -0.496 e. The monoisotopic (exact) mass is 414 g/mol. The lowest BCUT2D eigenvalue weighted by molar-refractivity contribution is -0.0224. The normalized spacial score (nSPS) is 20.7. The molecule has 5 nitrogen and oxygen atoms in total. The second-order valence-electron chi connectivity index (χ2n) is 8.53. The number of rotatable bonds is 10. The first-order valence-corrected chi connectivity index (χ1v) is 10.5. The van der Waals surface area contributed by atoms with Gasteiger partial charge in [0.05, 0.1) is 19.3 Å². The number of hydrogen-bond donors (Lipinski definition) is 1. The van der Waals surface area contributed by atoms with Gasteiger partial charge in [0.25, 0.3) is 0 Å². The van der Waals surface area contributed by atoms with Crippen LogP contribution < -0.4 is 9.47 Å². The summed E-state index contributed by atoms with van der Waals surface area (Å²) in [5.41, 5.74) is 3.23. The van der Waals surface area contributed by atoms with E-state index in [2.05, 4.69) is 32.9 Å². The predicted molar refractivity (Wildman–Crippen MR) is 119 cm³/mol. The molecule has 0 fully saturated rings. The van der Waals surface area contributed by atoms with Crippen molar-refractivity contribution in [3.63, 3.8) is 0 Å². The summed E-state index contributed by atoms with van der Waals surface area (Å²) in [6.07, 6.45) is 9.84. The summed E-state index contributed by atoms with van der Waals surface area (Å²) >= 11 is 0. The van der Waals surface area contributed by atoms with Gasteiger partial charge in [-0.05, 0) is 65.9 Å². The minimum atomic E-state index is -0.650. The third kappa shape index (κ3) is 5.39. The Hall–Kier alpha value is -2.40. The number of benzene rings is 1. The van der Waals surface area contributed by atoms with Crippen molar-refractivity contribution in [1.82, 2.24) is 0 Å². The highest BCUT2D eigenvalue weighted by Gasteiger charge is 2.42. The van der Waals surface area contributed by atoms with Crippen LogP contribution in [0.3, 0.4) is 0 Å². The van der Waals surface area contributed by atoms with E-state index in [0.717, 1.165) is 24.8 Å². The maximum Gasteiger partial charge on any atom is 0.154 e. The van der Waals surface area contributed by atoms with Gasteiger partial charge in [0.2, 0.25) is 0 Å². The van der Waals surface area contributed by atoms with Crippen molar-refractivity contribution >= 4 is 12.6 Å². The lowest BCUT2D eigenvalue weighted by Crippen LogP contribution is -2.47. The topological polar surface area (TPSA) is 72.8 Å². The zero-order valence-electron chi connectivity index (χ0n) is 18.8. The second kappa shape index (κ2) is 10.6. The van der Waals surface area contributed by atoms with E-state index in [1.807, 2.05) is 6.92 Å². The standard InChI is InChI=1S/C25H34O5/c1-17(2)8-6-9-18(3)10-7-11-25(4)20(15-27)13-21-23(29-5)12-19(14-26)22(16-28)24(21)30-25/h8,10,12,14,16,20,27H,6-7,9,11,13,15H2,1-5H3. The Kier molecular flexibility index (Phi) is 8.42. The highest BCUT2D eigenvalue weighted by Crippen LogP contribution is 2.45. The van der Waals surface area contributed by atoms with Crippen LogP contribution >= 0.6 is 0 Å². The predicted octanol–water partition coefficient (Wildman–Crippen LogP) is 5.10.